The third kappa shape index (κ3) is 4.36. The Bertz CT molecular complexity index is 439. The van der Waals surface area contributed by atoms with Gasteiger partial charge in [-0.05, 0) is 20.8 Å². The van der Waals surface area contributed by atoms with E-state index in [-0.39, 0.29) is 12.3 Å². The fourth-order valence-corrected chi connectivity index (χ4v) is 1.06. The van der Waals surface area contributed by atoms with Crippen LogP contribution in [0.1, 0.15) is 31.3 Å². The van der Waals surface area contributed by atoms with Gasteiger partial charge in [-0.2, -0.15) is 17.3 Å². The van der Waals surface area contributed by atoms with Crippen molar-refractivity contribution in [2.75, 3.05) is 12.4 Å². The lowest BCUT2D eigenvalue weighted by atomic mass is 10.2. The van der Waals surface area contributed by atoms with Gasteiger partial charge in [-0.25, -0.2) is 9.59 Å². The second-order valence-electron chi connectivity index (χ2n) is 4.39. The number of carbonyl (C=O) groups is 2. The van der Waals surface area contributed by atoms with Crippen molar-refractivity contribution < 1.29 is 19.1 Å². The number of hydrogen-bond donors (Lipinski definition) is 1. The molecule has 0 aromatic carbocycles. The molecule has 8 heteroatoms. The monoisotopic (exact) mass is 273 g/mol. The van der Waals surface area contributed by atoms with Gasteiger partial charge in [0.05, 0.1) is 6.20 Å². The van der Waals surface area contributed by atoms with Gasteiger partial charge >= 0.3 is 12.1 Å². The molecular weight excluding hydrogens is 258 g/mol. The zero-order valence-electron chi connectivity index (χ0n) is 10.4. The smallest absolute Gasteiger partial charge is 0.436 e. The van der Waals surface area contributed by atoms with Crippen LogP contribution in [0, 0.1) is 0 Å². The van der Waals surface area contributed by atoms with E-state index in [9.17, 15) is 9.59 Å². The minimum Gasteiger partial charge on any atom is -0.460 e. The summed E-state index contributed by atoms with van der Waals surface area (Å²) in [5, 5.41) is 7.03. The van der Waals surface area contributed by atoms with Crippen molar-refractivity contribution in [1.29, 1.82) is 0 Å². The maximum Gasteiger partial charge on any atom is 0.436 e. The Kier molecular flexibility index (Phi) is 4.71. The van der Waals surface area contributed by atoms with Crippen molar-refractivity contribution in [3.8, 4) is 0 Å². The summed E-state index contributed by atoms with van der Waals surface area (Å²) >= 11 is 3.90. The lowest BCUT2D eigenvalue weighted by Crippen LogP contribution is -2.27. The number of aromatic nitrogens is 3. The van der Waals surface area contributed by atoms with Gasteiger partial charge in [-0.1, -0.05) is 5.21 Å². The van der Waals surface area contributed by atoms with Crippen LogP contribution < -0.4 is 0 Å². The van der Waals surface area contributed by atoms with Crippen LogP contribution in [0.3, 0.4) is 0 Å². The summed E-state index contributed by atoms with van der Waals surface area (Å²) in [4.78, 5) is 23.0. The van der Waals surface area contributed by atoms with Crippen LogP contribution in [0.4, 0.5) is 4.79 Å². The molecule has 0 atom stereocenters. The first-order valence-corrected chi connectivity index (χ1v) is 5.90. The topological polar surface area (TPSA) is 83.3 Å². The predicted octanol–water partition coefficient (Wildman–Crippen LogP) is 1.15. The highest BCUT2D eigenvalue weighted by Gasteiger charge is 2.21. The van der Waals surface area contributed by atoms with Crippen molar-refractivity contribution in [1.82, 2.24) is 15.0 Å². The predicted molar refractivity (Wildman–Crippen MR) is 65.8 cm³/mol. The quantitative estimate of drug-likeness (QED) is 0.657. The van der Waals surface area contributed by atoms with Crippen molar-refractivity contribution >= 4 is 24.7 Å². The molecule has 0 amide bonds. The number of hydrogen-bond acceptors (Lipinski definition) is 7. The van der Waals surface area contributed by atoms with E-state index >= 15 is 0 Å². The second kappa shape index (κ2) is 5.85. The summed E-state index contributed by atoms with van der Waals surface area (Å²) < 4.78 is 10.7. The van der Waals surface area contributed by atoms with Gasteiger partial charge in [-0.3, -0.25) is 0 Å². The number of esters is 1. The van der Waals surface area contributed by atoms with Crippen LogP contribution in [-0.2, 0) is 9.47 Å². The first-order valence-electron chi connectivity index (χ1n) is 5.27. The first-order chi connectivity index (χ1) is 8.33. The van der Waals surface area contributed by atoms with E-state index in [1.807, 2.05) is 0 Å². The third-order valence-corrected chi connectivity index (χ3v) is 1.79. The molecule has 0 aliphatic heterocycles. The highest BCUT2D eigenvalue weighted by atomic mass is 32.1. The second-order valence-corrected chi connectivity index (χ2v) is 4.84. The number of ether oxygens (including phenoxy) is 2. The summed E-state index contributed by atoms with van der Waals surface area (Å²) in [6, 6.07) is 0. The number of rotatable bonds is 3. The van der Waals surface area contributed by atoms with Gasteiger partial charge in [0, 0.05) is 5.75 Å². The third-order valence-electron chi connectivity index (χ3n) is 1.61. The molecule has 1 heterocycles. The molecule has 0 bridgehead atoms. The van der Waals surface area contributed by atoms with E-state index in [1.54, 1.807) is 20.8 Å². The largest absolute Gasteiger partial charge is 0.460 e. The summed E-state index contributed by atoms with van der Waals surface area (Å²) in [5.74, 6) is -0.245. The Labute approximate surface area is 110 Å². The molecule has 0 aliphatic carbocycles. The summed E-state index contributed by atoms with van der Waals surface area (Å²) in [5.41, 5.74) is -0.696. The molecule has 100 valence electrons. The number of thiol groups is 1. The highest BCUT2D eigenvalue weighted by Crippen LogP contribution is 2.08. The van der Waals surface area contributed by atoms with E-state index in [0.717, 1.165) is 10.9 Å². The van der Waals surface area contributed by atoms with Crippen LogP contribution in [0.25, 0.3) is 0 Å². The maximum atomic E-state index is 11.6. The molecule has 0 saturated carbocycles. The Morgan fingerprint density at radius 2 is 2.11 bits per heavy atom. The lowest BCUT2D eigenvalue weighted by molar-refractivity contribution is 0.0510. The van der Waals surface area contributed by atoms with Crippen molar-refractivity contribution in [3.63, 3.8) is 0 Å². The van der Waals surface area contributed by atoms with Gasteiger partial charge in [0.25, 0.3) is 0 Å². The average Bonchev–Trinajstić information content (AvgIpc) is 2.72. The number of carbonyl (C=O) groups excluding carboxylic acids is 2. The molecular formula is C10H15N3O4S. The zero-order chi connectivity index (χ0) is 13.8. The minimum atomic E-state index is -0.705. The van der Waals surface area contributed by atoms with Crippen molar-refractivity contribution in [2.24, 2.45) is 0 Å². The molecule has 1 aromatic heterocycles. The van der Waals surface area contributed by atoms with Crippen LogP contribution in [0.15, 0.2) is 6.20 Å². The molecule has 0 spiro atoms. The van der Waals surface area contributed by atoms with Gasteiger partial charge in [0.1, 0.15) is 12.2 Å². The van der Waals surface area contributed by atoms with E-state index in [1.165, 1.54) is 0 Å². The van der Waals surface area contributed by atoms with E-state index in [2.05, 4.69) is 22.9 Å². The lowest BCUT2D eigenvalue weighted by Gasteiger charge is -2.18. The summed E-state index contributed by atoms with van der Waals surface area (Å²) in [7, 11) is 0. The standard InChI is InChI=1S/C10H15N3O4S/c1-10(2,3)17-9(15)13-6-7(11-12-13)8(14)16-4-5-18/h6,18H,4-5H2,1-3H3. The fraction of sp³-hybridized carbons (Fsp3) is 0.600. The Hall–Kier alpha value is -1.57. The first kappa shape index (κ1) is 14.5. The van der Waals surface area contributed by atoms with Crippen molar-refractivity contribution in [2.45, 2.75) is 26.4 Å². The SMILES string of the molecule is CC(C)(C)OC(=O)n1cc(C(=O)OCCS)nn1. The normalized spacial score (nSPS) is 11.1. The molecule has 18 heavy (non-hydrogen) atoms. The maximum absolute atomic E-state index is 11.6. The molecule has 1 aromatic rings. The molecule has 0 fully saturated rings. The molecule has 0 N–H and O–H groups in total. The molecule has 0 aliphatic rings. The van der Waals surface area contributed by atoms with Gasteiger partial charge in [0.15, 0.2) is 5.69 Å². The summed E-state index contributed by atoms with van der Waals surface area (Å²) in [6.07, 6.45) is 0.456. The van der Waals surface area contributed by atoms with Crippen LogP contribution in [-0.4, -0.2) is 45.0 Å². The molecule has 0 unspecified atom stereocenters. The Morgan fingerprint density at radius 1 is 1.44 bits per heavy atom. The molecule has 7 nitrogen and oxygen atoms in total. The molecule has 1 rings (SSSR count). The minimum absolute atomic E-state index is 0.0531. The molecule has 0 saturated heterocycles. The van der Waals surface area contributed by atoms with E-state index < -0.39 is 17.7 Å². The van der Waals surface area contributed by atoms with E-state index in [0.29, 0.717) is 5.75 Å². The van der Waals surface area contributed by atoms with Crippen molar-refractivity contribution in [3.05, 3.63) is 11.9 Å². The van der Waals surface area contributed by atoms with Crippen LogP contribution in [0.5, 0.6) is 0 Å². The Balaban J connectivity index is 2.68. The van der Waals surface area contributed by atoms with Gasteiger partial charge < -0.3 is 9.47 Å². The van der Waals surface area contributed by atoms with Crippen LogP contribution >= 0.6 is 12.6 Å². The van der Waals surface area contributed by atoms with Crippen LogP contribution in [0.2, 0.25) is 0 Å². The number of nitrogens with zero attached hydrogens (tertiary/aromatic N) is 3. The van der Waals surface area contributed by atoms with Gasteiger partial charge in [-0.15, -0.1) is 5.10 Å². The van der Waals surface area contributed by atoms with Gasteiger partial charge in [0.2, 0.25) is 0 Å². The Morgan fingerprint density at radius 3 is 2.67 bits per heavy atom. The fourth-order valence-electron chi connectivity index (χ4n) is 0.968. The molecule has 0 radical (unpaired) electrons. The zero-order valence-corrected chi connectivity index (χ0v) is 11.3. The average molecular weight is 273 g/mol. The van der Waals surface area contributed by atoms with E-state index in [4.69, 9.17) is 9.47 Å². The summed E-state index contributed by atoms with van der Waals surface area (Å²) in [6.45, 7) is 5.35. The highest BCUT2D eigenvalue weighted by molar-refractivity contribution is 7.80.